The van der Waals surface area contributed by atoms with Gasteiger partial charge in [0.2, 0.25) is 0 Å². The van der Waals surface area contributed by atoms with Crippen LogP contribution in [0.1, 0.15) is 76.8 Å². The molecule has 0 amide bonds. The summed E-state index contributed by atoms with van der Waals surface area (Å²) in [6, 6.07) is 16.1. The first-order chi connectivity index (χ1) is 19.6. The Bertz CT molecular complexity index is 952. The Morgan fingerprint density at radius 1 is 0.650 bits per heavy atom. The van der Waals surface area contributed by atoms with Gasteiger partial charge in [0.05, 0.1) is 14.2 Å². The molecule has 0 unspecified atom stereocenters. The molecule has 0 radical (unpaired) electrons. The van der Waals surface area contributed by atoms with Crippen molar-refractivity contribution in [2.75, 3.05) is 53.5 Å². The quantitative estimate of drug-likeness (QED) is 0.146. The Kier molecular flexibility index (Phi) is 15.2. The molecule has 1 heterocycles. The van der Waals surface area contributed by atoms with Crippen molar-refractivity contribution in [1.29, 1.82) is 0 Å². The topological polar surface area (TPSA) is 24.9 Å². The molecule has 0 bridgehead atoms. The van der Waals surface area contributed by atoms with Crippen LogP contribution in [0.5, 0.6) is 11.5 Å². The van der Waals surface area contributed by atoms with Crippen molar-refractivity contribution in [3.05, 3.63) is 53.6 Å². The molecule has 0 atom stereocenters. The van der Waals surface area contributed by atoms with E-state index in [-0.39, 0.29) is 0 Å². The van der Waals surface area contributed by atoms with Crippen LogP contribution in [0.4, 0.5) is 0 Å². The summed E-state index contributed by atoms with van der Waals surface area (Å²) in [5.41, 5.74) is 3.03. The van der Waals surface area contributed by atoms with Gasteiger partial charge in [-0.15, -0.1) is 0 Å². The van der Waals surface area contributed by atoms with Gasteiger partial charge in [0.1, 0.15) is 0 Å². The van der Waals surface area contributed by atoms with E-state index >= 15 is 0 Å². The summed E-state index contributed by atoms with van der Waals surface area (Å²) in [7, 11) is 3.41. The van der Waals surface area contributed by atoms with Gasteiger partial charge in [-0.3, -0.25) is 0 Å². The summed E-state index contributed by atoms with van der Waals surface area (Å²) in [6.07, 6.45) is 12.0. The van der Waals surface area contributed by atoms with Gasteiger partial charge in [-0.2, -0.15) is 0 Å². The molecule has 0 aromatic heterocycles. The number of nitrogens with zero attached hydrogens (tertiary/aromatic N) is 2. The van der Waals surface area contributed by atoms with Crippen molar-refractivity contribution in [2.45, 2.75) is 91.9 Å². The second-order valence-corrected chi connectivity index (χ2v) is 25.1. The summed E-state index contributed by atoms with van der Waals surface area (Å²) < 4.78 is 17.5. The minimum atomic E-state index is -2.40. The number of aryl methyl sites for hydroxylation is 1. The van der Waals surface area contributed by atoms with E-state index in [4.69, 9.17) is 9.47 Å². The molecule has 0 spiro atoms. The van der Waals surface area contributed by atoms with Gasteiger partial charge >= 0.3 is 198 Å². The number of hydrogen-bond acceptors (Lipinski definition) is 4. The Morgan fingerprint density at radius 2 is 1.23 bits per heavy atom. The van der Waals surface area contributed by atoms with E-state index in [9.17, 15) is 0 Å². The molecule has 1 fully saturated rings. The van der Waals surface area contributed by atoms with E-state index in [1.807, 2.05) is 9.65 Å². The van der Waals surface area contributed by atoms with Crippen LogP contribution in [0.15, 0.2) is 42.5 Å². The van der Waals surface area contributed by atoms with Gasteiger partial charge in [-0.25, -0.2) is 0 Å². The first-order valence-electron chi connectivity index (χ1n) is 16.3. The van der Waals surface area contributed by atoms with Gasteiger partial charge in [-0.1, -0.05) is 6.07 Å². The van der Waals surface area contributed by atoms with Gasteiger partial charge in [-0.05, 0) is 12.1 Å². The average molecular weight is 658 g/mol. The fraction of sp³-hybridized carbons (Fsp3) is 0.657. The van der Waals surface area contributed by atoms with Crippen molar-refractivity contribution < 1.29 is 9.47 Å². The third-order valence-corrected chi connectivity index (χ3v) is 25.0. The molecule has 5 heteroatoms. The van der Waals surface area contributed by atoms with Crippen molar-refractivity contribution >= 4 is 22.0 Å². The van der Waals surface area contributed by atoms with E-state index in [2.05, 4.69) is 67.0 Å². The van der Waals surface area contributed by atoms with Gasteiger partial charge in [0.15, 0.2) is 11.5 Å². The minimum absolute atomic E-state index is 0.805. The summed E-state index contributed by atoms with van der Waals surface area (Å²) in [4.78, 5) is 5.33. The monoisotopic (exact) mass is 658 g/mol. The van der Waals surface area contributed by atoms with E-state index in [1.54, 1.807) is 33.1 Å². The number of hydrogen-bond donors (Lipinski definition) is 0. The fourth-order valence-corrected chi connectivity index (χ4v) is 23.7. The first-order valence-corrected chi connectivity index (χ1v) is 23.8. The van der Waals surface area contributed by atoms with Crippen LogP contribution in [-0.2, 0) is 12.8 Å². The van der Waals surface area contributed by atoms with Crippen molar-refractivity contribution in [3.8, 4) is 11.5 Å². The Hall–Kier alpha value is -1.24. The molecule has 224 valence electrons. The van der Waals surface area contributed by atoms with Gasteiger partial charge < -0.3 is 9.47 Å². The van der Waals surface area contributed by atoms with E-state index in [1.165, 1.54) is 89.7 Å². The number of benzene rings is 2. The molecule has 3 rings (SSSR count). The molecular formula is C35H58N2O2Sn. The maximum absolute atomic E-state index is 5.49. The second kappa shape index (κ2) is 18.3. The molecular weight excluding hydrogens is 599 g/mol. The summed E-state index contributed by atoms with van der Waals surface area (Å²) in [6.45, 7) is 14.2. The van der Waals surface area contributed by atoms with E-state index in [0.717, 1.165) is 24.5 Å². The van der Waals surface area contributed by atoms with Crippen LogP contribution < -0.4 is 13.1 Å². The van der Waals surface area contributed by atoms with Crippen LogP contribution in [0.25, 0.3) is 0 Å². The van der Waals surface area contributed by atoms with Crippen LogP contribution >= 0.6 is 0 Å². The first kappa shape index (κ1) is 33.3. The van der Waals surface area contributed by atoms with E-state index < -0.39 is 18.4 Å². The molecule has 0 aliphatic carbocycles. The molecule has 40 heavy (non-hydrogen) atoms. The van der Waals surface area contributed by atoms with Crippen molar-refractivity contribution in [2.24, 2.45) is 0 Å². The third kappa shape index (κ3) is 9.94. The SMILES string of the molecule is CCC[CH2][Sn]([CH2]CCC)([CH2]CCC)[c]1ccccc1CCCN1CCN(CCc2ccc(OC)c(OC)c2)CC1. The molecule has 0 saturated carbocycles. The molecule has 2 aromatic carbocycles. The maximum atomic E-state index is 5.49. The van der Waals surface area contributed by atoms with Crippen molar-refractivity contribution in [1.82, 2.24) is 9.80 Å². The van der Waals surface area contributed by atoms with Crippen LogP contribution in [0.2, 0.25) is 13.3 Å². The third-order valence-electron chi connectivity index (χ3n) is 9.17. The van der Waals surface area contributed by atoms with E-state index in [0.29, 0.717) is 0 Å². The molecule has 1 aliphatic heterocycles. The average Bonchev–Trinajstić information content (AvgIpc) is 3.00. The number of ether oxygens (including phenoxy) is 2. The number of piperazine rings is 1. The zero-order chi connectivity index (χ0) is 28.6. The Balaban J connectivity index is 1.52. The number of unbranched alkanes of at least 4 members (excludes halogenated alkanes) is 3. The van der Waals surface area contributed by atoms with Crippen LogP contribution in [0, 0.1) is 0 Å². The molecule has 4 nitrogen and oxygen atoms in total. The van der Waals surface area contributed by atoms with Crippen LogP contribution in [0.3, 0.4) is 0 Å². The van der Waals surface area contributed by atoms with Gasteiger partial charge in [0.25, 0.3) is 0 Å². The molecule has 1 saturated heterocycles. The van der Waals surface area contributed by atoms with Crippen LogP contribution in [-0.4, -0.2) is 81.7 Å². The number of methoxy groups -OCH3 is 2. The normalized spacial score (nSPS) is 14.9. The molecule has 1 aliphatic rings. The molecule has 2 aromatic rings. The molecule has 0 N–H and O–H groups in total. The zero-order valence-corrected chi connectivity index (χ0v) is 29.3. The predicted molar refractivity (Wildman–Crippen MR) is 175 cm³/mol. The fourth-order valence-electron chi connectivity index (χ4n) is 6.63. The summed E-state index contributed by atoms with van der Waals surface area (Å²) in [5, 5.41) is 0. The Labute approximate surface area is 250 Å². The predicted octanol–water partition coefficient (Wildman–Crippen LogP) is 7.55. The zero-order valence-electron chi connectivity index (χ0n) is 26.5. The Morgan fingerprint density at radius 3 is 1.80 bits per heavy atom. The van der Waals surface area contributed by atoms with Gasteiger partial charge in [0, 0.05) is 0 Å². The summed E-state index contributed by atoms with van der Waals surface area (Å²) >= 11 is -2.40. The number of rotatable bonds is 19. The van der Waals surface area contributed by atoms with Crippen molar-refractivity contribution in [3.63, 3.8) is 0 Å². The standard InChI is InChI=1S/C23H31N2O2.3C4H9.Sn/c1-26-22-11-10-21(19-23(22)27-2)12-14-25-17-15-24(16-18-25)13-6-9-20-7-4-3-5-8-20;3*1-3-4-2;/h3-5,7,10-11,19H,6,9,12-18H2,1-2H3;3*1,3-4H2,2H3;. The summed E-state index contributed by atoms with van der Waals surface area (Å²) in [5.74, 6) is 1.63. The second-order valence-electron chi connectivity index (χ2n) is 12.0.